The van der Waals surface area contributed by atoms with Crippen molar-refractivity contribution in [1.29, 1.82) is 0 Å². The van der Waals surface area contributed by atoms with Crippen LogP contribution in [0.3, 0.4) is 0 Å². The van der Waals surface area contributed by atoms with Crippen molar-refractivity contribution in [2.45, 2.75) is 0 Å². The highest BCUT2D eigenvalue weighted by Crippen LogP contribution is 1.87. The standard InChI is InChI=1S/C5H9Cl2N.ClH/c1-8(4-2-6)5-3-7;/h2,4H,3,5H2,1H3;1H. The van der Waals surface area contributed by atoms with E-state index in [2.05, 4.69) is 0 Å². The molecular weight excluding hydrogens is 180 g/mol. The highest BCUT2D eigenvalue weighted by Gasteiger charge is 1.84. The van der Waals surface area contributed by atoms with Crippen LogP contribution in [0.4, 0.5) is 0 Å². The van der Waals surface area contributed by atoms with Crippen LogP contribution >= 0.6 is 35.6 Å². The van der Waals surface area contributed by atoms with Crippen LogP contribution in [-0.2, 0) is 0 Å². The molecule has 0 aromatic heterocycles. The molecule has 0 aromatic rings. The van der Waals surface area contributed by atoms with Gasteiger partial charge in [-0.15, -0.1) is 24.0 Å². The Morgan fingerprint density at radius 2 is 2.11 bits per heavy atom. The molecular formula is C5H10Cl3N. The van der Waals surface area contributed by atoms with Crippen molar-refractivity contribution in [3.05, 3.63) is 11.7 Å². The maximum absolute atomic E-state index is 5.41. The van der Waals surface area contributed by atoms with E-state index >= 15 is 0 Å². The third-order valence-electron chi connectivity index (χ3n) is 0.748. The first-order chi connectivity index (χ1) is 3.81. The Labute approximate surface area is 72.0 Å². The SMILES string of the molecule is CN(C=CCl)CCCl.Cl. The molecule has 0 fully saturated rings. The van der Waals surface area contributed by atoms with E-state index in [1.165, 1.54) is 5.54 Å². The Balaban J connectivity index is 0. The zero-order valence-electron chi connectivity index (χ0n) is 5.18. The number of alkyl halides is 1. The summed E-state index contributed by atoms with van der Waals surface area (Å²) in [4.78, 5) is 1.92. The first-order valence-electron chi connectivity index (χ1n) is 2.34. The molecule has 0 bridgehead atoms. The van der Waals surface area contributed by atoms with Crippen LogP contribution in [0.5, 0.6) is 0 Å². The zero-order valence-corrected chi connectivity index (χ0v) is 7.51. The van der Waals surface area contributed by atoms with Crippen LogP contribution < -0.4 is 0 Å². The van der Waals surface area contributed by atoms with Gasteiger partial charge in [0.05, 0.1) is 0 Å². The summed E-state index contributed by atoms with van der Waals surface area (Å²) >= 11 is 10.7. The predicted octanol–water partition coefficient (Wildman–Crippen LogP) is 2.29. The van der Waals surface area contributed by atoms with Crippen molar-refractivity contribution in [3.63, 3.8) is 0 Å². The Morgan fingerprint density at radius 3 is 2.44 bits per heavy atom. The molecule has 0 saturated carbocycles. The third-order valence-corrected chi connectivity index (χ3v) is 1.03. The molecule has 0 atom stereocenters. The van der Waals surface area contributed by atoms with E-state index in [1.54, 1.807) is 6.20 Å². The molecule has 0 heterocycles. The summed E-state index contributed by atoms with van der Waals surface area (Å²) in [6.07, 6.45) is 1.77. The summed E-state index contributed by atoms with van der Waals surface area (Å²) in [6.45, 7) is 0.838. The van der Waals surface area contributed by atoms with Gasteiger partial charge in [-0.1, -0.05) is 11.6 Å². The van der Waals surface area contributed by atoms with Crippen LogP contribution in [0.1, 0.15) is 0 Å². The van der Waals surface area contributed by atoms with Crippen LogP contribution in [0.25, 0.3) is 0 Å². The number of hydrogen-bond acceptors (Lipinski definition) is 1. The van der Waals surface area contributed by atoms with Gasteiger partial charge >= 0.3 is 0 Å². The van der Waals surface area contributed by atoms with Crippen LogP contribution in [-0.4, -0.2) is 24.4 Å². The number of rotatable bonds is 3. The van der Waals surface area contributed by atoms with Crippen molar-refractivity contribution in [1.82, 2.24) is 4.90 Å². The Bertz CT molecular complexity index is 74.6. The van der Waals surface area contributed by atoms with Crippen molar-refractivity contribution in [2.24, 2.45) is 0 Å². The molecule has 0 aliphatic rings. The van der Waals surface area contributed by atoms with Crippen LogP contribution in [0.15, 0.2) is 11.7 Å². The summed E-state index contributed by atoms with van der Waals surface area (Å²) in [7, 11) is 1.92. The van der Waals surface area contributed by atoms with E-state index < -0.39 is 0 Å². The third kappa shape index (κ3) is 8.41. The van der Waals surface area contributed by atoms with Crippen molar-refractivity contribution in [2.75, 3.05) is 19.5 Å². The molecule has 0 spiro atoms. The Hall–Kier alpha value is 0.410. The highest BCUT2D eigenvalue weighted by molar-refractivity contribution is 6.25. The van der Waals surface area contributed by atoms with Gasteiger partial charge in [0.1, 0.15) is 0 Å². The van der Waals surface area contributed by atoms with E-state index in [0.717, 1.165) is 6.54 Å². The van der Waals surface area contributed by atoms with Gasteiger partial charge in [-0.25, -0.2) is 0 Å². The Kier molecular flexibility index (Phi) is 11.3. The molecule has 56 valence electrons. The van der Waals surface area contributed by atoms with E-state index in [1.807, 2.05) is 11.9 Å². The first-order valence-corrected chi connectivity index (χ1v) is 3.31. The average molecular weight is 191 g/mol. The number of halogens is 3. The molecule has 0 aromatic carbocycles. The second-order valence-corrected chi connectivity index (χ2v) is 2.07. The molecule has 0 amide bonds. The fourth-order valence-electron chi connectivity index (χ4n) is 0.304. The minimum Gasteiger partial charge on any atom is -0.379 e. The molecule has 0 aliphatic carbocycles. The maximum atomic E-state index is 5.41. The predicted molar refractivity (Wildman–Crippen MR) is 45.6 cm³/mol. The van der Waals surface area contributed by atoms with E-state index in [-0.39, 0.29) is 12.4 Å². The lowest BCUT2D eigenvalue weighted by atomic mass is 10.6. The molecule has 4 heteroatoms. The topological polar surface area (TPSA) is 3.24 Å². The first kappa shape index (κ1) is 12.1. The molecule has 0 aliphatic heterocycles. The van der Waals surface area contributed by atoms with Crippen molar-refractivity contribution < 1.29 is 0 Å². The lowest BCUT2D eigenvalue weighted by Crippen LogP contribution is -2.12. The van der Waals surface area contributed by atoms with Crippen molar-refractivity contribution in [3.8, 4) is 0 Å². The van der Waals surface area contributed by atoms with Crippen LogP contribution in [0.2, 0.25) is 0 Å². The summed E-state index contributed by atoms with van der Waals surface area (Å²) in [5.74, 6) is 0.637. The van der Waals surface area contributed by atoms with E-state index in [0.29, 0.717) is 5.88 Å². The summed E-state index contributed by atoms with van der Waals surface area (Å²) in [5, 5.41) is 0. The smallest absolute Gasteiger partial charge is 0.0399 e. The van der Waals surface area contributed by atoms with Gasteiger partial charge in [0.2, 0.25) is 0 Å². The molecule has 0 rings (SSSR count). The number of nitrogens with zero attached hydrogens (tertiary/aromatic N) is 1. The van der Waals surface area contributed by atoms with Gasteiger partial charge in [-0.2, -0.15) is 0 Å². The summed E-state index contributed by atoms with van der Waals surface area (Å²) < 4.78 is 0. The van der Waals surface area contributed by atoms with Gasteiger partial charge in [0.15, 0.2) is 0 Å². The lowest BCUT2D eigenvalue weighted by molar-refractivity contribution is 0.488. The molecule has 0 N–H and O–H groups in total. The van der Waals surface area contributed by atoms with E-state index in [4.69, 9.17) is 23.2 Å². The largest absolute Gasteiger partial charge is 0.379 e. The highest BCUT2D eigenvalue weighted by atomic mass is 35.5. The molecule has 1 nitrogen and oxygen atoms in total. The fraction of sp³-hybridized carbons (Fsp3) is 0.600. The lowest BCUT2D eigenvalue weighted by Gasteiger charge is -2.08. The monoisotopic (exact) mass is 189 g/mol. The normalized spacial score (nSPS) is 9.22. The van der Waals surface area contributed by atoms with Gasteiger partial charge in [0, 0.05) is 31.2 Å². The minimum absolute atomic E-state index is 0. The minimum atomic E-state index is 0. The Morgan fingerprint density at radius 1 is 1.56 bits per heavy atom. The molecule has 0 radical (unpaired) electrons. The van der Waals surface area contributed by atoms with Crippen LogP contribution in [0, 0.1) is 0 Å². The second kappa shape index (κ2) is 8.41. The van der Waals surface area contributed by atoms with Gasteiger partial charge in [0.25, 0.3) is 0 Å². The van der Waals surface area contributed by atoms with Gasteiger partial charge < -0.3 is 4.90 Å². The second-order valence-electron chi connectivity index (χ2n) is 1.44. The summed E-state index contributed by atoms with van der Waals surface area (Å²) in [6, 6.07) is 0. The van der Waals surface area contributed by atoms with Gasteiger partial charge in [-0.05, 0) is 0 Å². The zero-order chi connectivity index (χ0) is 6.41. The van der Waals surface area contributed by atoms with Gasteiger partial charge in [-0.3, -0.25) is 0 Å². The van der Waals surface area contributed by atoms with Crippen molar-refractivity contribution >= 4 is 35.6 Å². The molecule has 9 heavy (non-hydrogen) atoms. The summed E-state index contributed by atoms with van der Waals surface area (Å²) in [5.41, 5.74) is 1.46. The fourth-order valence-corrected chi connectivity index (χ4v) is 0.763. The average Bonchev–Trinajstić information content (AvgIpc) is 1.68. The quantitative estimate of drug-likeness (QED) is 0.617. The maximum Gasteiger partial charge on any atom is 0.0399 e. The molecule has 0 unspecified atom stereocenters. The molecule has 0 saturated heterocycles. The van der Waals surface area contributed by atoms with E-state index in [9.17, 15) is 0 Å². The number of hydrogen-bond donors (Lipinski definition) is 0.